The van der Waals surface area contributed by atoms with Gasteiger partial charge in [0.2, 0.25) is 11.8 Å². The molecule has 2 fully saturated rings. The third kappa shape index (κ3) is 7.46. The van der Waals surface area contributed by atoms with Crippen molar-refractivity contribution in [2.45, 2.75) is 82.3 Å². The zero-order valence-corrected chi connectivity index (χ0v) is 25.0. The van der Waals surface area contributed by atoms with Gasteiger partial charge in [0.1, 0.15) is 6.04 Å². The van der Waals surface area contributed by atoms with Gasteiger partial charge in [-0.25, -0.2) is 4.79 Å². The van der Waals surface area contributed by atoms with Crippen molar-refractivity contribution in [3.63, 3.8) is 0 Å². The summed E-state index contributed by atoms with van der Waals surface area (Å²) in [7, 11) is 3.04. The number of carbonyl (C=O) groups is 4. The van der Waals surface area contributed by atoms with E-state index in [1.165, 1.54) is 7.11 Å². The van der Waals surface area contributed by atoms with Gasteiger partial charge in [0.25, 0.3) is 0 Å². The summed E-state index contributed by atoms with van der Waals surface area (Å²) in [5, 5.41) is 9.01. The number of methoxy groups -OCH3 is 1. The second kappa shape index (κ2) is 15.1. The first kappa shape index (κ1) is 31.4. The van der Waals surface area contributed by atoms with Crippen LogP contribution >= 0.6 is 0 Å². The van der Waals surface area contributed by atoms with E-state index >= 15 is 0 Å². The van der Waals surface area contributed by atoms with Gasteiger partial charge in [0.15, 0.2) is 5.78 Å². The molecule has 2 amide bonds. The quantitative estimate of drug-likeness (QED) is 0.328. The van der Waals surface area contributed by atoms with E-state index in [9.17, 15) is 19.2 Å². The molecule has 0 aromatic heterocycles. The number of ketones is 1. The van der Waals surface area contributed by atoms with Gasteiger partial charge in [-0.3, -0.25) is 14.4 Å². The molecule has 3 N–H and O–H groups in total. The van der Waals surface area contributed by atoms with E-state index in [4.69, 9.17) is 4.74 Å². The Morgan fingerprint density at radius 1 is 0.762 bits per heavy atom. The Morgan fingerprint density at radius 3 is 1.88 bits per heavy atom. The van der Waals surface area contributed by atoms with Gasteiger partial charge in [-0.1, -0.05) is 86.3 Å². The maximum Gasteiger partial charge on any atom is 0.329 e. The van der Waals surface area contributed by atoms with Crippen molar-refractivity contribution in [1.29, 1.82) is 0 Å². The summed E-state index contributed by atoms with van der Waals surface area (Å²) in [6, 6.07) is 17.1. The average molecular weight is 576 g/mol. The lowest BCUT2D eigenvalue weighted by atomic mass is 9.77. The smallest absolute Gasteiger partial charge is 0.329 e. The Labute approximate surface area is 249 Å². The summed E-state index contributed by atoms with van der Waals surface area (Å²) in [6.45, 7) is 1.77. The van der Waals surface area contributed by atoms with Crippen LogP contribution in [-0.2, 0) is 23.9 Å². The zero-order chi connectivity index (χ0) is 30.1. The van der Waals surface area contributed by atoms with Gasteiger partial charge >= 0.3 is 5.97 Å². The predicted octanol–water partition coefficient (Wildman–Crippen LogP) is 4.13. The fraction of sp³-hybridized carbons (Fsp3) is 0.529. The van der Waals surface area contributed by atoms with Crippen LogP contribution in [0.5, 0.6) is 0 Å². The number of nitrogens with one attached hydrogen (secondary N) is 3. The molecule has 2 aromatic rings. The molecule has 2 aliphatic carbocycles. The average Bonchev–Trinajstić information content (AvgIpc) is 3.54. The Balaban J connectivity index is 1.59. The highest BCUT2D eigenvalue weighted by atomic mass is 16.5. The number of benzene rings is 2. The highest BCUT2D eigenvalue weighted by molar-refractivity contribution is 5.96. The standard InChI is InChI=1S/C34H45N3O5/c1-22(35-2)32(39)36-29(25-18-11-6-12-19-25)31(38)26-20-13-21-27(26)33(40)37-30(34(41)42-3)28(23-14-7-4-8-15-23)24-16-9-5-10-17-24/h4-5,7-10,14-17,22,25-30,35H,6,11-13,18-21H2,1-3H3,(H,36,39)(H,37,40)/t22-,26?,27+,29-,30-/m0/s1. The van der Waals surface area contributed by atoms with Gasteiger partial charge < -0.3 is 20.7 Å². The van der Waals surface area contributed by atoms with Gasteiger partial charge in [0, 0.05) is 17.8 Å². The molecular formula is C34H45N3O5. The number of amides is 2. The van der Waals surface area contributed by atoms with Crippen LogP contribution in [0.25, 0.3) is 0 Å². The first-order valence-electron chi connectivity index (χ1n) is 15.3. The van der Waals surface area contributed by atoms with Crippen molar-refractivity contribution in [3.05, 3.63) is 71.8 Å². The predicted molar refractivity (Wildman–Crippen MR) is 162 cm³/mol. The molecule has 2 aromatic carbocycles. The maximum absolute atomic E-state index is 14.2. The van der Waals surface area contributed by atoms with E-state index in [1.807, 2.05) is 60.7 Å². The summed E-state index contributed by atoms with van der Waals surface area (Å²) < 4.78 is 5.19. The molecule has 8 nitrogen and oxygen atoms in total. The highest BCUT2D eigenvalue weighted by Gasteiger charge is 2.45. The lowest BCUT2D eigenvalue weighted by Gasteiger charge is -2.34. The largest absolute Gasteiger partial charge is 0.467 e. The van der Waals surface area contributed by atoms with Crippen LogP contribution in [0.3, 0.4) is 0 Å². The van der Waals surface area contributed by atoms with E-state index in [1.54, 1.807) is 14.0 Å². The SMILES string of the molecule is CN[C@@H](C)C(=O)N[C@H](C(=O)C1CCC[C@H]1C(=O)N[C@H](C(=O)OC)C(c1ccccc1)c1ccccc1)C1CCCCC1. The second-order valence-corrected chi connectivity index (χ2v) is 11.7. The minimum Gasteiger partial charge on any atom is -0.467 e. The molecule has 0 aliphatic heterocycles. The molecule has 4 rings (SSSR count). The molecule has 0 saturated heterocycles. The number of ether oxygens (including phenoxy) is 1. The van der Waals surface area contributed by atoms with Crippen molar-refractivity contribution in [1.82, 2.24) is 16.0 Å². The normalized spacial score (nSPS) is 21.2. The van der Waals surface area contributed by atoms with Crippen molar-refractivity contribution in [3.8, 4) is 0 Å². The zero-order valence-electron chi connectivity index (χ0n) is 25.0. The van der Waals surface area contributed by atoms with Gasteiger partial charge in [-0.2, -0.15) is 0 Å². The fourth-order valence-corrected chi connectivity index (χ4v) is 6.71. The van der Waals surface area contributed by atoms with Crippen molar-refractivity contribution in [2.24, 2.45) is 17.8 Å². The monoisotopic (exact) mass is 575 g/mol. The number of rotatable bonds is 12. The minimum absolute atomic E-state index is 0.0616. The van der Waals surface area contributed by atoms with E-state index < -0.39 is 41.8 Å². The fourth-order valence-electron chi connectivity index (χ4n) is 6.71. The van der Waals surface area contributed by atoms with Gasteiger partial charge in [-0.05, 0) is 56.7 Å². The van der Waals surface area contributed by atoms with E-state index in [0.717, 1.165) is 49.7 Å². The van der Waals surface area contributed by atoms with Crippen LogP contribution in [0.1, 0.15) is 75.3 Å². The van der Waals surface area contributed by atoms with Crippen LogP contribution in [0, 0.1) is 17.8 Å². The van der Waals surface area contributed by atoms with Crippen LogP contribution in [0.4, 0.5) is 0 Å². The molecule has 226 valence electrons. The van der Waals surface area contributed by atoms with Crippen LogP contribution in [0.2, 0.25) is 0 Å². The molecule has 0 radical (unpaired) electrons. The van der Waals surface area contributed by atoms with Crippen molar-refractivity contribution in [2.75, 3.05) is 14.2 Å². The molecule has 42 heavy (non-hydrogen) atoms. The lowest BCUT2D eigenvalue weighted by Crippen LogP contribution is -2.54. The Bertz CT molecular complexity index is 1160. The number of hydrogen-bond acceptors (Lipinski definition) is 6. The molecule has 1 unspecified atom stereocenters. The molecule has 0 spiro atoms. The summed E-state index contributed by atoms with van der Waals surface area (Å²) in [6.07, 6.45) is 6.82. The molecule has 2 aliphatic rings. The van der Waals surface area contributed by atoms with Crippen LogP contribution in [0.15, 0.2) is 60.7 Å². The van der Waals surface area contributed by atoms with Crippen LogP contribution in [-0.4, -0.2) is 55.8 Å². The number of esters is 1. The first-order chi connectivity index (χ1) is 20.3. The molecule has 8 heteroatoms. The number of hydrogen-bond donors (Lipinski definition) is 3. The molecule has 0 heterocycles. The number of Topliss-reactive ketones (excluding diaryl/α,β-unsaturated/α-hetero) is 1. The Kier molecular flexibility index (Phi) is 11.3. The highest BCUT2D eigenvalue weighted by Crippen LogP contribution is 2.37. The third-order valence-electron chi connectivity index (χ3n) is 9.17. The summed E-state index contributed by atoms with van der Waals surface area (Å²) in [4.78, 5) is 54.3. The van der Waals surface area contributed by atoms with E-state index in [0.29, 0.717) is 12.8 Å². The molecule has 0 bridgehead atoms. The minimum atomic E-state index is -0.978. The third-order valence-corrected chi connectivity index (χ3v) is 9.17. The van der Waals surface area contributed by atoms with Crippen molar-refractivity contribution < 1.29 is 23.9 Å². The Morgan fingerprint density at radius 2 is 1.33 bits per heavy atom. The molecule has 2 saturated carbocycles. The molecule has 5 atom stereocenters. The second-order valence-electron chi connectivity index (χ2n) is 11.7. The molecular weight excluding hydrogens is 530 g/mol. The Hall–Kier alpha value is -3.52. The number of likely N-dealkylation sites (N-methyl/N-ethyl adjacent to an activating group) is 1. The first-order valence-corrected chi connectivity index (χ1v) is 15.3. The van der Waals surface area contributed by atoms with Crippen LogP contribution < -0.4 is 16.0 Å². The maximum atomic E-state index is 14.2. The number of carbonyl (C=O) groups excluding carboxylic acids is 4. The topological polar surface area (TPSA) is 114 Å². The summed E-state index contributed by atoms with van der Waals surface area (Å²) >= 11 is 0. The summed E-state index contributed by atoms with van der Waals surface area (Å²) in [5.74, 6) is -2.66. The van der Waals surface area contributed by atoms with Crippen molar-refractivity contribution >= 4 is 23.6 Å². The van der Waals surface area contributed by atoms with Gasteiger partial charge in [0.05, 0.1) is 19.2 Å². The van der Waals surface area contributed by atoms with E-state index in [2.05, 4.69) is 16.0 Å². The lowest BCUT2D eigenvalue weighted by molar-refractivity contribution is -0.146. The van der Waals surface area contributed by atoms with Gasteiger partial charge in [-0.15, -0.1) is 0 Å². The summed E-state index contributed by atoms with van der Waals surface area (Å²) in [5.41, 5.74) is 1.74. The van der Waals surface area contributed by atoms with E-state index in [-0.39, 0.29) is 23.5 Å².